The first-order chi connectivity index (χ1) is 8.04. The number of allylic oxidation sites excluding steroid dienone is 6. The van der Waals surface area contributed by atoms with Crippen molar-refractivity contribution in [1.29, 1.82) is 0 Å². The average molecular weight is 229 g/mol. The van der Waals surface area contributed by atoms with Gasteiger partial charge in [0.05, 0.1) is 0 Å². The van der Waals surface area contributed by atoms with Gasteiger partial charge in [0.25, 0.3) is 0 Å². The first-order valence-electron chi connectivity index (χ1n) is 6.21. The Kier molecular flexibility index (Phi) is 5.06. The summed E-state index contributed by atoms with van der Waals surface area (Å²) in [5.41, 5.74) is 8.33. The lowest BCUT2D eigenvalue weighted by atomic mass is 9.91. The topological polar surface area (TPSA) is 12.0 Å². The van der Waals surface area contributed by atoms with E-state index < -0.39 is 0 Å². The third-order valence-electron chi connectivity index (χ3n) is 3.21. The number of nitrogens with one attached hydrogen (secondary N) is 1. The van der Waals surface area contributed by atoms with Gasteiger partial charge in [-0.15, -0.1) is 5.73 Å². The van der Waals surface area contributed by atoms with Crippen LogP contribution < -0.4 is 5.32 Å². The molecule has 0 saturated heterocycles. The van der Waals surface area contributed by atoms with E-state index in [4.69, 9.17) is 0 Å². The molecule has 0 aliphatic heterocycles. The Morgan fingerprint density at radius 2 is 2.12 bits per heavy atom. The smallest absolute Gasteiger partial charge is 0.00312 e. The molecule has 0 heterocycles. The highest BCUT2D eigenvalue weighted by atomic mass is 14.8. The Bertz CT molecular complexity index is 415. The second kappa shape index (κ2) is 6.32. The highest BCUT2D eigenvalue weighted by molar-refractivity contribution is 5.40. The molecule has 0 fully saturated rings. The van der Waals surface area contributed by atoms with Crippen LogP contribution >= 0.6 is 0 Å². The van der Waals surface area contributed by atoms with E-state index in [2.05, 4.69) is 50.6 Å². The third kappa shape index (κ3) is 4.13. The molecule has 0 aromatic carbocycles. The molecule has 1 nitrogen and oxygen atoms in total. The summed E-state index contributed by atoms with van der Waals surface area (Å²) in [5, 5.41) is 3.10. The standard InChI is InChI=1S/C16H23N/c1-12-7-6-8-13(2)16(11-12)14(3)9-10-15(4)17-5/h7-8,11,14,17H,4,9-10H2,1-3,5H3. The predicted octanol–water partition coefficient (Wildman–Crippen LogP) is 4.12. The molecule has 17 heavy (non-hydrogen) atoms. The van der Waals surface area contributed by atoms with Crippen LogP contribution in [0, 0.1) is 5.92 Å². The highest BCUT2D eigenvalue weighted by Gasteiger charge is 2.10. The lowest BCUT2D eigenvalue weighted by Gasteiger charge is -2.16. The zero-order chi connectivity index (χ0) is 12.8. The van der Waals surface area contributed by atoms with E-state index in [0.717, 1.165) is 18.5 Å². The monoisotopic (exact) mass is 229 g/mol. The second-order valence-electron chi connectivity index (χ2n) is 4.78. The average Bonchev–Trinajstić information content (AvgIpc) is 2.47. The highest BCUT2D eigenvalue weighted by Crippen LogP contribution is 2.25. The van der Waals surface area contributed by atoms with Crippen molar-refractivity contribution in [3.8, 4) is 0 Å². The zero-order valence-electron chi connectivity index (χ0n) is 11.4. The lowest BCUT2D eigenvalue weighted by Crippen LogP contribution is -2.07. The van der Waals surface area contributed by atoms with Gasteiger partial charge in [0, 0.05) is 12.7 Å². The van der Waals surface area contributed by atoms with Crippen LogP contribution in [0.5, 0.6) is 0 Å². The summed E-state index contributed by atoms with van der Waals surface area (Å²) in [5.74, 6) is 0.555. The first-order valence-corrected chi connectivity index (χ1v) is 6.21. The number of hydrogen-bond donors (Lipinski definition) is 1. The molecule has 0 saturated carbocycles. The normalized spacial score (nSPS) is 16.6. The molecular weight excluding hydrogens is 206 g/mol. The Labute approximate surface area is 105 Å². The molecule has 1 unspecified atom stereocenters. The molecule has 1 aliphatic carbocycles. The minimum Gasteiger partial charge on any atom is -0.392 e. The molecule has 0 bridgehead atoms. The molecule has 1 heteroatoms. The summed E-state index contributed by atoms with van der Waals surface area (Å²) in [6.07, 6.45) is 8.54. The van der Waals surface area contributed by atoms with Crippen molar-refractivity contribution in [3.05, 3.63) is 53.0 Å². The van der Waals surface area contributed by atoms with Gasteiger partial charge in [0.2, 0.25) is 0 Å². The summed E-state index contributed by atoms with van der Waals surface area (Å²) in [6, 6.07) is 0. The quantitative estimate of drug-likeness (QED) is 0.699. The van der Waals surface area contributed by atoms with E-state index in [9.17, 15) is 0 Å². The largest absolute Gasteiger partial charge is 0.392 e. The van der Waals surface area contributed by atoms with Crippen LogP contribution in [0.15, 0.2) is 53.0 Å². The van der Waals surface area contributed by atoms with E-state index in [1.807, 2.05) is 13.1 Å². The van der Waals surface area contributed by atoms with Crippen LogP contribution in [0.1, 0.15) is 33.6 Å². The van der Waals surface area contributed by atoms with Crippen molar-refractivity contribution in [3.63, 3.8) is 0 Å². The van der Waals surface area contributed by atoms with Gasteiger partial charge in [-0.05, 0) is 61.5 Å². The number of rotatable bonds is 5. The molecule has 0 radical (unpaired) electrons. The van der Waals surface area contributed by atoms with Crippen LogP contribution in [0.2, 0.25) is 0 Å². The van der Waals surface area contributed by atoms with Gasteiger partial charge in [-0.25, -0.2) is 0 Å². The van der Waals surface area contributed by atoms with Gasteiger partial charge >= 0.3 is 0 Å². The zero-order valence-corrected chi connectivity index (χ0v) is 11.4. The Morgan fingerprint density at radius 3 is 2.76 bits per heavy atom. The van der Waals surface area contributed by atoms with Crippen LogP contribution in [-0.4, -0.2) is 7.05 Å². The van der Waals surface area contributed by atoms with Gasteiger partial charge < -0.3 is 5.32 Å². The second-order valence-corrected chi connectivity index (χ2v) is 4.78. The SMILES string of the molecule is C=C(CCC(C)C1=C(C)C=C=CC(C)=C1)NC. The predicted molar refractivity (Wildman–Crippen MR) is 75.7 cm³/mol. The van der Waals surface area contributed by atoms with E-state index in [0.29, 0.717) is 5.92 Å². The Morgan fingerprint density at radius 1 is 1.41 bits per heavy atom. The van der Waals surface area contributed by atoms with Gasteiger partial charge in [-0.2, -0.15) is 0 Å². The minimum absolute atomic E-state index is 0.555. The minimum atomic E-state index is 0.555. The van der Waals surface area contributed by atoms with Crippen LogP contribution in [0.25, 0.3) is 0 Å². The van der Waals surface area contributed by atoms with Gasteiger partial charge in [0.1, 0.15) is 0 Å². The van der Waals surface area contributed by atoms with Crippen LogP contribution in [-0.2, 0) is 0 Å². The van der Waals surface area contributed by atoms with Crippen molar-refractivity contribution in [2.45, 2.75) is 33.6 Å². The van der Waals surface area contributed by atoms with Gasteiger partial charge in [-0.3, -0.25) is 0 Å². The molecule has 92 valence electrons. The van der Waals surface area contributed by atoms with Crippen LogP contribution in [0.4, 0.5) is 0 Å². The maximum Gasteiger partial charge on any atom is 0.00312 e. The van der Waals surface area contributed by atoms with Gasteiger partial charge in [-0.1, -0.05) is 19.6 Å². The Balaban J connectivity index is 2.75. The van der Waals surface area contributed by atoms with Crippen molar-refractivity contribution < 1.29 is 0 Å². The fourth-order valence-corrected chi connectivity index (χ4v) is 1.98. The number of hydrogen-bond acceptors (Lipinski definition) is 1. The Hall–Kier alpha value is -1.46. The van der Waals surface area contributed by atoms with E-state index in [1.54, 1.807) is 0 Å². The molecule has 0 aromatic heterocycles. The summed E-state index contributed by atoms with van der Waals surface area (Å²) in [6.45, 7) is 10.5. The summed E-state index contributed by atoms with van der Waals surface area (Å²) < 4.78 is 0. The maximum atomic E-state index is 3.97. The fraction of sp³-hybridized carbons (Fsp3) is 0.438. The molecule has 1 rings (SSSR count). The van der Waals surface area contributed by atoms with Gasteiger partial charge in [0.15, 0.2) is 0 Å². The molecule has 0 spiro atoms. The van der Waals surface area contributed by atoms with Crippen molar-refractivity contribution in [1.82, 2.24) is 5.32 Å². The molecule has 1 N–H and O–H groups in total. The summed E-state index contributed by atoms with van der Waals surface area (Å²) in [4.78, 5) is 0. The van der Waals surface area contributed by atoms with E-state index >= 15 is 0 Å². The molecular formula is C16H23N. The molecule has 1 aliphatic rings. The van der Waals surface area contributed by atoms with Crippen molar-refractivity contribution in [2.24, 2.45) is 5.92 Å². The maximum absolute atomic E-state index is 3.97. The van der Waals surface area contributed by atoms with Crippen molar-refractivity contribution in [2.75, 3.05) is 7.05 Å². The molecule has 1 atom stereocenters. The molecule has 0 aromatic rings. The van der Waals surface area contributed by atoms with Crippen molar-refractivity contribution >= 4 is 0 Å². The summed E-state index contributed by atoms with van der Waals surface area (Å²) in [7, 11) is 1.93. The van der Waals surface area contributed by atoms with E-state index in [-0.39, 0.29) is 0 Å². The first kappa shape index (κ1) is 13.6. The van der Waals surface area contributed by atoms with Crippen LogP contribution in [0.3, 0.4) is 0 Å². The van der Waals surface area contributed by atoms with E-state index in [1.165, 1.54) is 16.7 Å². The lowest BCUT2D eigenvalue weighted by molar-refractivity contribution is 0.606. The summed E-state index contributed by atoms with van der Waals surface area (Å²) >= 11 is 0. The third-order valence-corrected chi connectivity index (χ3v) is 3.21. The fourth-order valence-electron chi connectivity index (χ4n) is 1.98. The molecule has 0 amide bonds.